The van der Waals surface area contributed by atoms with Gasteiger partial charge in [-0.3, -0.25) is 0 Å². The molecule has 0 fully saturated rings. The van der Waals surface area contributed by atoms with Crippen molar-refractivity contribution in [2.75, 3.05) is 0 Å². The highest BCUT2D eigenvalue weighted by atomic mass is 32.1. The molecule has 3 nitrogen and oxygen atoms in total. The van der Waals surface area contributed by atoms with Gasteiger partial charge in [-0.25, -0.2) is 0 Å². The summed E-state index contributed by atoms with van der Waals surface area (Å²) < 4.78 is 18.3. The number of furan rings is 3. The minimum absolute atomic E-state index is 0.794. The SMILES string of the molecule is c1coc(-c2ccc(-c3cccs3)c(-c3coc4ccccc34)c2-c2cc3ccccc3o2)c1. The predicted molar refractivity (Wildman–Crippen MR) is 138 cm³/mol. The van der Waals surface area contributed by atoms with E-state index in [0.29, 0.717) is 0 Å². The molecule has 7 rings (SSSR count). The lowest BCUT2D eigenvalue weighted by Crippen LogP contribution is -1.92. The van der Waals surface area contributed by atoms with Crippen molar-refractivity contribution in [2.24, 2.45) is 0 Å². The van der Waals surface area contributed by atoms with E-state index >= 15 is 0 Å². The van der Waals surface area contributed by atoms with Crippen LogP contribution in [0, 0.1) is 0 Å². The molecule has 0 amide bonds. The summed E-state index contributed by atoms with van der Waals surface area (Å²) >= 11 is 1.72. The molecule has 34 heavy (non-hydrogen) atoms. The van der Waals surface area contributed by atoms with Gasteiger partial charge in [0.15, 0.2) is 0 Å². The highest BCUT2D eigenvalue weighted by Gasteiger charge is 2.25. The molecule has 0 aliphatic carbocycles. The number of fused-ring (bicyclic) bond motifs is 2. The zero-order chi connectivity index (χ0) is 22.5. The van der Waals surface area contributed by atoms with Crippen LogP contribution < -0.4 is 0 Å². The normalized spacial score (nSPS) is 11.5. The second-order valence-corrected chi connectivity index (χ2v) is 9.11. The van der Waals surface area contributed by atoms with E-state index in [1.807, 2.05) is 54.8 Å². The van der Waals surface area contributed by atoms with Crippen molar-refractivity contribution < 1.29 is 13.3 Å². The third kappa shape index (κ3) is 2.96. The summed E-state index contributed by atoms with van der Waals surface area (Å²) in [6, 6.07) is 30.8. The van der Waals surface area contributed by atoms with Crippen LogP contribution in [0.5, 0.6) is 0 Å². The zero-order valence-electron chi connectivity index (χ0n) is 18.0. The van der Waals surface area contributed by atoms with E-state index in [9.17, 15) is 0 Å². The van der Waals surface area contributed by atoms with Gasteiger partial charge in [0.2, 0.25) is 0 Å². The van der Waals surface area contributed by atoms with Crippen molar-refractivity contribution in [3.63, 3.8) is 0 Å². The van der Waals surface area contributed by atoms with Crippen LogP contribution in [0.4, 0.5) is 0 Å². The predicted octanol–water partition coefficient (Wildman–Crippen LogP) is 9.50. The molecule has 7 aromatic rings. The van der Waals surface area contributed by atoms with Crippen LogP contribution in [0.2, 0.25) is 0 Å². The van der Waals surface area contributed by atoms with Crippen LogP contribution in [-0.4, -0.2) is 0 Å². The molecule has 4 heteroatoms. The Labute approximate surface area is 199 Å². The van der Waals surface area contributed by atoms with Crippen molar-refractivity contribution in [1.82, 2.24) is 0 Å². The van der Waals surface area contributed by atoms with Crippen LogP contribution in [-0.2, 0) is 0 Å². The Balaban J connectivity index is 1.65. The van der Waals surface area contributed by atoms with Gasteiger partial charge in [-0.15, -0.1) is 11.3 Å². The van der Waals surface area contributed by atoms with Crippen molar-refractivity contribution in [3.8, 4) is 44.2 Å². The van der Waals surface area contributed by atoms with Gasteiger partial charge in [0.05, 0.1) is 12.5 Å². The first-order valence-corrected chi connectivity index (χ1v) is 11.9. The molecule has 0 saturated heterocycles. The molecule has 0 atom stereocenters. The lowest BCUT2D eigenvalue weighted by atomic mass is 9.88. The first-order chi connectivity index (χ1) is 16.9. The summed E-state index contributed by atoms with van der Waals surface area (Å²) in [4.78, 5) is 1.18. The molecule has 0 saturated carbocycles. The Morgan fingerprint density at radius 1 is 0.588 bits per heavy atom. The third-order valence-electron chi connectivity index (χ3n) is 6.20. The van der Waals surface area contributed by atoms with Gasteiger partial charge in [-0.2, -0.15) is 0 Å². The van der Waals surface area contributed by atoms with E-state index in [4.69, 9.17) is 13.3 Å². The summed E-state index contributed by atoms with van der Waals surface area (Å²) in [6.45, 7) is 0. The van der Waals surface area contributed by atoms with Crippen molar-refractivity contribution in [2.45, 2.75) is 0 Å². The fraction of sp³-hybridized carbons (Fsp3) is 0. The van der Waals surface area contributed by atoms with E-state index in [1.54, 1.807) is 17.6 Å². The van der Waals surface area contributed by atoms with Gasteiger partial charge in [-0.05, 0) is 47.8 Å². The van der Waals surface area contributed by atoms with E-state index in [1.165, 1.54) is 4.88 Å². The maximum Gasteiger partial charge on any atom is 0.136 e. The first kappa shape index (κ1) is 19.2. The third-order valence-corrected chi connectivity index (χ3v) is 7.10. The summed E-state index contributed by atoms with van der Waals surface area (Å²) in [5.41, 5.74) is 6.91. The van der Waals surface area contributed by atoms with E-state index in [-0.39, 0.29) is 0 Å². The topological polar surface area (TPSA) is 39.4 Å². The van der Waals surface area contributed by atoms with E-state index < -0.39 is 0 Å². The minimum atomic E-state index is 0.794. The summed E-state index contributed by atoms with van der Waals surface area (Å²) in [7, 11) is 0. The summed E-state index contributed by atoms with van der Waals surface area (Å²) in [5, 5.41) is 4.23. The molecule has 3 aromatic carbocycles. The average molecular weight is 459 g/mol. The van der Waals surface area contributed by atoms with Crippen LogP contribution >= 0.6 is 11.3 Å². The van der Waals surface area contributed by atoms with Crippen LogP contribution in [0.15, 0.2) is 122 Å². The average Bonchev–Trinajstić information content (AvgIpc) is 3.69. The van der Waals surface area contributed by atoms with E-state index in [0.717, 1.165) is 61.3 Å². The van der Waals surface area contributed by atoms with Crippen LogP contribution in [0.25, 0.3) is 66.2 Å². The number of para-hydroxylation sites is 2. The maximum atomic E-state index is 6.45. The Hall–Kier alpha value is -4.28. The lowest BCUT2D eigenvalue weighted by molar-refractivity contribution is 0.581. The van der Waals surface area contributed by atoms with Gasteiger partial charge in [0.1, 0.15) is 22.7 Å². The van der Waals surface area contributed by atoms with Gasteiger partial charge in [-0.1, -0.05) is 48.5 Å². The Kier molecular flexibility index (Phi) is 4.32. The van der Waals surface area contributed by atoms with Gasteiger partial charge < -0.3 is 13.3 Å². The van der Waals surface area contributed by atoms with Crippen LogP contribution in [0.3, 0.4) is 0 Å². The second kappa shape index (κ2) is 7.65. The summed E-state index contributed by atoms with van der Waals surface area (Å²) in [5.74, 6) is 1.59. The molecular weight excluding hydrogens is 440 g/mol. The number of rotatable bonds is 4. The Bertz CT molecular complexity index is 1720. The first-order valence-electron chi connectivity index (χ1n) is 11.1. The maximum absolute atomic E-state index is 6.45. The largest absolute Gasteiger partial charge is 0.464 e. The molecule has 0 spiro atoms. The summed E-state index contributed by atoms with van der Waals surface area (Å²) in [6.07, 6.45) is 3.56. The molecule has 0 aliphatic rings. The molecule has 0 unspecified atom stereocenters. The second-order valence-electron chi connectivity index (χ2n) is 8.16. The quantitative estimate of drug-likeness (QED) is 0.264. The van der Waals surface area contributed by atoms with Crippen LogP contribution in [0.1, 0.15) is 0 Å². The molecule has 0 N–H and O–H groups in total. The Morgan fingerprint density at radius 3 is 2.26 bits per heavy atom. The van der Waals surface area contributed by atoms with Crippen molar-refractivity contribution in [1.29, 1.82) is 0 Å². The lowest BCUT2D eigenvalue weighted by Gasteiger charge is -2.16. The number of thiophene rings is 1. The monoisotopic (exact) mass is 458 g/mol. The molecule has 0 bridgehead atoms. The van der Waals surface area contributed by atoms with Crippen molar-refractivity contribution in [3.05, 3.63) is 109 Å². The minimum Gasteiger partial charge on any atom is -0.464 e. The number of hydrogen-bond acceptors (Lipinski definition) is 4. The highest BCUT2D eigenvalue weighted by molar-refractivity contribution is 7.13. The Morgan fingerprint density at radius 2 is 1.44 bits per heavy atom. The molecule has 4 heterocycles. The standard InChI is InChI=1S/C30H18O3S/c1-3-9-24-19(7-1)17-27(33-24)30-21(26-11-5-15-31-26)13-14-22(28-12-6-16-34-28)29(30)23-18-32-25-10-4-2-8-20(23)25/h1-18H. The highest BCUT2D eigenvalue weighted by Crippen LogP contribution is 2.49. The van der Waals surface area contributed by atoms with Gasteiger partial charge >= 0.3 is 0 Å². The van der Waals surface area contributed by atoms with E-state index in [2.05, 4.69) is 47.8 Å². The fourth-order valence-corrected chi connectivity index (χ4v) is 5.45. The smallest absolute Gasteiger partial charge is 0.136 e. The molecule has 162 valence electrons. The zero-order valence-corrected chi connectivity index (χ0v) is 18.8. The molecule has 0 aliphatic heterocycles. The molecule has 4 aromatic heterocycles. The molecular formula is C30H18O3S. The fourth-order valence-electron chi connectivity index (χ4n) is 4.69. The number of benzene rings is 3. The van der Waals surface area contributed by atoms with Gasteiger partial charge in [0, 0.05) is 43.5 Å². The molecule has 0 radical (unpaired) electrons. The van der Waals surface area contributed by atoms with Gasteiger partial charge in [0.25, 0.3) is 0 Å². The van der Waals surface area contributed by atoms with Crippen molar-refractivity contribution >= 4 is 33.3 Å². The number of hydrogen-bond donors (Lipinski definition) is 0.